The monoisotopic (exact) mass is 296 g/mol. The molecule has 0 fully saturated rings. The van der Waals surface area contributed by atoms with Crippen LogP contribution in [0.25, 0.3) is 10.9 Å². The van der Waals surface area contributed by atoms with E-state index in [-0.39, 0.29) is 10.5 Å². The van der Waals surface area contributed by atoms with Crippen LogP contribution < -0.4 is 0 Å². The second kappa shape index (κ2) is 5.26. The van der Waals surface area contributed by atoms with Crippen molar-refractivity contribution in [2.75, 3.05) is 13.1 Å². The number of nitrogens with zero attached hydrogens (tertiary/aromatic N) is 1. The molecule has 0 unspecified atom stereocenters. The maximum atomic E-state index is 12.6. The molecule has 20 heavy (non-hydrogen) atoms. The van der Waals surface area contributed by atoms with Gasteiger partial charge in [0, 0.05) is 30.2 Å². The summed E-state index contributed by atoms with van der Waals surface area (Å²) >= 11 is 0. The number of hydrogen-bond acceptors (Lipinski definition) is 3. The van der Waals surface area contributed by atoms with E-state index in [1.54, 1.807) is 26.1 Å². The van der Waals surface area contributed by atoms with Gasteiger partial charge in [0.1, 0.15) is 0 Å². The van der Waals surface area contributed by atoms with Crippen LogP contribution in [0.3, 0.4) is 0 Å². The summed E-state index contributed by atoms with van der Waals surface area (Å²) in [5.74, 6) is -1.16. The lowest BCUT2D eigenvalue weighted by molar-refractivity contribution is 0.0697. The molecule has 1 aromatic heterocycles. The van der Waals surface area contributed by atoms with Crippen molar-refractivity contribution in [3.8, 4) is 0 Å². The molecule has 0 radical (unpaired) electrons. The first-order valence-corrected chi connectivity index (χ1v) is 7.70. The van der Waals surface area contributed by atoms with E-state index in [0.717, 1.165) is 0 Å². The minimum atomic E-state index is -3.70. The minimum Gasteiger partial charge on any atom is -0.478 e. The number of benzene rings is 1. The van der Waals surface area contributed by atoms with Gasteiger partial charge < -0.3 is 10.1 Å². The Morgan fingerprint density at radius 1 is 1.30 bits per heavy atom. The Kier molecular flexibility index (Phi) is 3.82. The third-order valence-corrected chi connectivity index (χ3v) is 5.29. The number of carboxylic acids is 1. The van der Waals surface area contributed by atoms with E-state index >= 15 is 0 Å². The molecule has 1 heterocycles. The maximum absolute atomic E-state index is 12.6. The average Bonchev–Trinajstić information content (AvgIpc) is 2.86. The van der Waals surface area contributed by atoms with Crippen molar-refractivity contribution in [2.45, 2.75) is 18.7 Å². The van der Waals surface area contributed by atoms with Gasteiger partial charge in [0.2, 0.25) is 10.0 Å². The lowest BCUT2D eigenvalue weighted by Gasteiger charge is -2.19. The molecular formula is C13H16N2O4S. The van der Waals surface area contributed by atoms with Gasteiger partial charge in [0.05, 0.1) is 10.5 Å². The predicted octanol–water partition coefficient (Wildman–Crippen LogP) is 1.90. The van der Waals surface area contributed by atoms with Crippen LogP contribution in [0.5, 0.6) is 0 Å². The van der Waals surface area contributed by atoms with E-state index in [2.05, 4.69) is 4.98 Å². The summed E-state index contributed by atoms with van der Waals surface area (Å²) < 4.78 is 26.5. The second-order valence-electron chi connectivity index (χ2n) is 4.31. The number of aromatic carboxylic acids is 1. The molecule has 6 nitrogen and oxygen atoms in total. The number of nitrogens with one attached hydrogen (secondary N) is 1. The van der Waals surface area contributed by atoms with E-state index in [9.17, 15) is 13.2 Å². The van der Waals surface area contributed by atoms with Gasteiger partial charge in [-0.05, 0) is 18.2 Å². The molecule has 2 N–H and O–H groups in total. The molecule has 0 amide bonds. The largest absolute Gasteiger partial charge is 0.478 e. The smallest absolute Gasteiger partial charge is 0.335 e. The van der Waals surface area contributed by atoms with Crippen LogP contribution in [0.2, 0.25) is 0 Å². The Morgan fingerprint density at radius 2 is 1.95 bits per heavy atom. The standard InChI is InChI=1S/C13H16N2O4S/c1-3-15(4-2)20(18,19)12-8-9(13(16)17)7-11-10(12)5-6-14-11/h5-8,14H,3-4H2,1-2H3,(H,16,17). The fourth-order valence-corrected chi connectivity index (χ4v) is 3.86. The highest BCUT2D eigenvalue weighted by Crippen LogP contribution is 2.27. The Morgan fingerprint density at radius 3 is 2.50 bits per heavy atom. The summed E-state index contributed by atoms with van der Waals surface area (Å²) in [5.41, 5.74) is 0.446. The lowest BCUT2D eigenvalue weighted by atomic mass is 10.1. The van der Waals surface area contributed by atoms with Crippen molar-refractivity contribution in [1.82, 2.24) is 9.29 Å². The molecule has 0 spiro atoms. The summed E-state index contributed by atoms with van der Waals surface area (Å²) in [6, 6.07) is 4.28. The van der Waals surface area contributed by atoms with Gasteiger partial charge in [-0.15, -0.1) is 0 Å². The number of carboxylic acid groups (broad SMARTS) is 1. The van der Waals surface area contributed by atoms with Crippen molar-refractivity contribution in [3.05, 3.63) is 30.0 Å². The number of carbonyl (C=O) groups is 1. The number of H-pyrrole nitrogens is 1. The topological polar surface area (TPSA) is 90.5 Å². The van der Waals surface area contributed by atoms with Gasteiger partial charge in [-0.3, -0.25) is 0 Å². The quantitative estimate of drug-likeness (QED) is 0.881. The van der Waals surface area contributed by atoms with Gasteiger partial charge in [-0.2, -0.15) is 4.31 Å². The maximum Gasteiger partial charge on any atom is 0.335 e. The minimum absolute atomic E-state index is 0.0253. The molecule has 1 aromatic carbocycles. The first-order chi connectivity index (χ1) is 9.41. The first kappa shape index (κ1) is 14.5. The molecule has 0 bridgehead atoms. The van der Waals surface area contributed by atoms with Crippen LogP contribution in [-0.2, 0) is 10.0 Å². The lowest BCUT2D eigenvalue weighted by Crippen LogP contribution is -2.30. The molecule has 108 valence electrons. The Balaban J connectivity index is 2.75. The highest BCUT2D eigenvalue weighted by atomic mass is 32.2. The van der Waals surface area contributed by atoms with Crippen LogP contribution in [0.1, 0.15) is 24.2 Å². The van der Waals surface area contributed by atoms with Gasteiger partial charge >= 0.3 is 5.97 Å². The fraction of sp³-hybridized carbons (Fsp3) is 0.308. The van der Waals surface area contributed by atoms with Crippen molar-refractivity contribution in [3.63, 3.8) is 0 Å². The van der Waals surface area contributed by atoms with Gasteiger partial charge in [-0.1, -0.05) is 13.8 Å². The Labute approximate surface area is 117 Å². The van der Waals surface area contributed by atoms with Crippen molar-refractivity contribution < 1.29 is 18.3 Å². The summed E-state index contributed by atoms with van der Waals surface area (Å²) in [6.45, 7) is 4.16. The summed E-state index contributed by atoms with van der Waals surface area (Å²) in [5, 5.41) is 9.60. The Hall–Kier alpha value is -1.86. The highest BCUT2D eigenvalue weighted by molar-refractivity contribution is 7.89. The summed E-state index contributed by atoms with van der Waals surface area (Å²) in [4.78, 5) is 14.0. The third-order valence-electron chi connectivity index (χ3n) is 3.20. The zero-order valence-electron chi connectivity index (χ0n) is 11.3. The van der Waals surface area contributed by atoms with E-state index in [1.807, 2.05) is 0 Å². The van der Waals surface area contributed by atoms with Crippen LogP contribution >= 0.6 is 0 Å². The molecule has 0 aliphatic carbocycles. The number of aromatic nitrogens is 1. The summed E-state index contributed by atoms with van der Waals surface area (Å²) in [7, 11) is -3.70. The summed E-state index contributed by atoms with van der Waals surface area (Å²) in [6.07, 6.45) is 1.59. The molecule has 0 saturated heterocycles. The number of sulfonamides is 1. The van der Waals surface area contributed by atoms with E-state index in [0.29, 0.717) is 24.0 Å². The molecular weight excluding hydrogens is 280 g/mol. The second-order valence-corrected chi connectivity index (χ2v) is 6.21. The number of rotatable bonds is 5. The number of aromatic amines is 1. The average molecular weight is 296 g/mol. The molecule has 0 saturated carbocycles. The zero-order valence-corrected chi connectivity index (χ0v) is 12.1. The van der Waals surface area contributed by atoms with Crippen LogP contribution in [0.4, 0.5) is 0 Å². The fourth-order valence-electron chi connectivity index (χ4n) is 2.17. The van der Waals surface area contributed by atoms with Crippen LogP contribution in [0, 0.1) is 0 Å². The normalized spacial score (nSPS) is 12.2. The van der Waals surface area contributed by atoms with Crippen molar-refractivity contribution in [2.24, 2.45) is 0 Å². The molecule has 2 aromatic rings. The van der Waals surface area contributed by atoms with Crippen molar-refractivity contribution in [1.29, 1.82) is 0 Å². The van der Waals surface area contributed by atoms with E-state index < -0.39 is 16.0 Å². The zero-order chi connectivity index (χ0) is 14.9. The molecule has 2 rings (SSSR count). The van der Waals surface area contributed by atoms with E-state index in [1.165, 1.54) is 16.4 Å². The molecule has 0 aliphatic heterocycles. The molecule has 0 atom stereocenters. The molecule has 7 heteroatoms. The predicted molar refractivity (Wildman–Crippen MR) is 75.4 cm³/mol. The van der Waals surface area contributed by atoms with E-state index in [4.69, 9.17) is 5.11 Å². The number of fused-ring (bicyclic) bond motifs is 1. The van der Waals surface area contributed by atoms with Crippen LogP contribution in [-0.4, -0.2) is 41.9 Å². The third kappa shape index (κ3) is 2.30. The SMILES string of the molecule is CCN(CC)S(=O)(=O)c1cc(C(=O)O)cc2[nH]ccc12. The molecule has 0 aliphatic rings. The van der Waals surface area contributed by atoms with Gasteiger partial charge in [-0.25, -0.2) is 13.2 Å². The van der Waals surface area contributed by atoms with Gasteiger partial charge in [0.15, 0.2) is 0 Å². The Bertz CT molecular complexity index is 745. The van der Waals surface area contributed by atoms with Gasteiger partial charge in [0.25, 0.3) is 0 Å². The number of hydrogen-bond donors (Lipinski definition) is 2. The first-order valence-electron chi connectivity index (χ1n) is 6.26. The highest BCUT2D eigenvalue weighted by Gasteiger charge is 2.25. The van der Waals surface area contributed by atoms with Crippen molar-refractivity contribution >= 4 is 26.9 Å². The van der Waals surface area contributed by atoms with Crippen LogP contribution in [0.15, 0.2) is 29.3 Å².